The first-order valence-electron chi connectivity index (χ1n) is 12.3. The van der Waals surface area contributed by atoms with Gasteiger partial charge in [-0.1, -0.05) is 30.7 Å². The third-order valence-corrected chi connectivity index (χ3v) is 10.3. The van der Waals surface area contributed by atoms with Gasteiger partial charge < -0.3 is 14.0 Å². The average Bonchev–Trinajstić information content (AvgIpc) is 2.97. The second-order valence-corrected chi connectivity index (χ2v) is 16.4. The highest BCUT2D eigenvalue weighted by Crippen LogP contribution is 2.67. The third-order valence-electron chi connectivity index (χ3n) is 9.21. The Bertz CT molecular complexity index is 858. The standard InChI is InChI=1S/C26H41NO4Si/c1-24-13-10-19(27-30-17-23(28)29-4)16-18(24)8-9-20-21(24)11-14-25(2)22(20)12-15-26(25,3)31-32(5,6)7/h10,13,16,20-22H,8-9,11-12,14-15,17H2,1-7H3/b27-19+. The van der Waals surface area contributed by atoms with Gasteiger partial charge in [0.2, 0.25) is 6.61 Å². The van der Waals surface area contributed by atoms with Gasteiger partial charge in [-0.3, -0.25) is 0 Å². The summed E-state index contributed by atoms with van der Waals surface area (Å²) >= 11 is 0. The number of methoxy groups -OCH3 is 1. The van der Waals surface area contributed by atoms with Crippen molar-refractivity contribution in [3.05, 3.63) is 23.8 Å². The van der Waals surface area contributed by atoms with Crippen LogP contribution in [0.2, 0.25) is 19.6 Å². The number of esters is 1. The first-order chi connectivity index (χ1) is 14.9. The van der Waals surface area contributed by atoms with Gasteiger partial charge in [-0.25, -0.2) is 4.79 Å². The van der Waals surface area contributed by atoms with Crippen LogP contribution < -0.4 is 0 Å². The molecule has 32 heavy (non-hydrogen) atoms. The zero-order valence-corrected chi connectivity index (χ0v) is 22.0. The minimum absolute atomic E-state index is 0.0172. The van der Waals surface area contributed by atoms with E-state index in [2.05, 4.69) is 68.5 Å². The summed E-state index contributed by atoms with van der Waals surface area (Å²) in [6, 6.07) is 0. The molecule has 0 spiro atoms. The van der Waals surface area contributed by atoms with Crippen molar-refractivity contribution in [2.24, 2.45) is 33.7 Å². The number of carbonyl (C=O) groups excluding carboxylic acids is 1. The SMILES string of the molecule is COC(=O)CO/N=C1\C=CC2(C)C(=C1)CCC1C2CCC2(C)C1CCC2(C)O[Si](C)(C)C. The van der Waals surface area contributed by atoms with E-state index in [1.54, 1.807) is 0 Å². The van der Waals surface area contributed by atoms with Crippen LogP contribution in [0.25, 0.3) is 0 Å². The van der Waals surface area contributed by atoms with Gasteiger partial charge in [0.1, 0.15) is 5.71 Å². The molecule has 3 saturated carbocycles. The summed E-state index contributed by atoms with van der Waals surface area (Å²) in [6.07, 6.45) is 14.0. The molecule has 0 heterocycles. The van der Waals surface area contributed by atoms with Crippen LogP contribution in [0.4, 0.5) is 0 Å². The quantitative estimate of drug-likeness (QED) is 0.293. The highest BCUT2D eigenvalue weighted by Gasteiger charge is 2.63. The molecule has 5 nitrogen and oxygen atoms in total. The third kappa shape index (κ3) is 3.91. The second kappa shape index (κ2) is 8.12. The summed E-state index contributed by atoms with van der Waals surface area (Å²) in [5, 5.41) is 4.15. The number of ether oxygens (including phenoxy) is 1. The molecule has 4 aliphatic carbocycles. The van der Waals surface area contributed by atoms with Crippen LogP contribution in [0.15, 0.2) is 29.0 Å². The Hall–Kier alpha value is -1.40. The van der Waals surface area contributed by atoms with Crippen molar-refractivity contribution >= 4 is 20.0 Å². The van der Waals surface area contributed by atoms with E-state index in [1.807, 2.05) is 0 Å². The van der Waals surface area contributed by atoms with Crippen molar-refractivity contribution in [1.82, 2.24) is 0 Å². The molecule has 0 aromatic heterocycles. The maximum atomic E-state index is 11.3. The molecule has 4 rings (SSSR count). The van der Waals surface area contributed by atoms with E-state index in [1.165, 1.54) is 44.8 Å². The molecule has 6 atom stereocenters. The minimum atomic E-state index is -1.61. The topological polar surface area (TPSA) is 57.1 Å². The lowest BCUT2D eigenvalue weighted by Crippen LogP contribution is -2.56. The Kier molecular flexibility index (Phi) is 6.03. The van der Waals surface area contributed by atoms with Crippen molar-refractivity contribution < 1.29 is 18.8 Å². The van der Waals surface area contributed by atoms with E-state index in [9.17, 15) is 4.79 Å². The summed E-state index contributed by atoms with van der Waals surface area (Å²) in [6.45, 7) is 14.2. The van der Waals surface area contributed by atoms with Gasteiger partial charge in [-0.15, -0.1) is 0 Å². The lowest BCUT2D eigenvalue weighted by atomic mass is 9.47. The minimum Gasteiger partial charge on any atom is -0.466 e. The number of oxime groups is 1. The molecule has 0 radical (unpaired) electrons. The predicted octanol–water partition coefficient (Wildman–Crippen LogP) is 5.88. The van der Waals surface area contributed by atoms with Crippen molar-refractivity contribution in [3.8, 4) is 0 Å². The molecular formula is C26H41NO4Si. The smallest absolute Gasteiger partial charge is 0.346 e. The van der Waals surface area contributed by atoms with Crippen LogP contribution in [0.5, 0.6) is 0 Å². The van der Waals surface area contributed by atoms with Crippen LogP contribution in [0.1, 0.15) is 59.3 Å². The fourth-order valence-electron chi connectivity index (χ4n) is 7.55. The summed E-state index contributed by atoms with van der Waals surface area (Å²) in [4.78, 5) is 16.5. The number of hydrogen-bond acceptors (Lipinski definition) is 5. The first kappa shape index (κ1) is 23.7. The molecule has 0 aromatic rings. The summed E-state index contributed by atoms with van der Waals surface area (Å²) in [5.74, 6) is 1.75. The van der Waals surface area contributed by atoms with Gasteiger partial charge in [0.05, 0.1) is 12.7 Å². The number of rotatable bonds is 5. The monoisotopic (exact) mass is 459 g/mol. The Morgan fingerprint density at radius 2 is 1.84 bits per heavy atom. The molecule has 0 bridgehead atoms. The molecular weight excluding hydrogens is 418 g/mol. The molecule has 0 saturated heterocycles. The molecule has 0 N–H and O–H groups in total. The van der Waals surface area contributed by atoms with Crippen molar-refractivity contribution in [3.63, 3.8) is 0 Å². The van der Waals surface area contributed by atoms with E-state index in [-0.39, 0.29) is 23.0 Å². The van der Waals surface area contributed by atoms with Crippen LogP contribution in [-0.4, -0.2) is 39.3 Å². The van der Waals surface area contributed by atoms with Crippen molar-refractivity contribution in [2.75, 3.05) is 13.7 Å². The summed E-state index contributed by atoms with van der Waals surface area (Å²) < 4.78 is 11.5. The van der Waals surface area contributed by atoms with E-state index in [0.717, 1.165) is 24.0 Å². The van der Waals surface area contributed by atoms with Gasteiger partial charge in [0, 0.05) is 5.41 Å². The van der Waals surface area contributed by atoms with E-state index in [0.29, 0.717) is 5.92 Å². The Morgan fingerprint density at radius 1 is 1.12 bits per heavy atom. The predicted molar refractivity (Wildman–Crippen MR) is 130 cm³/mol. The first-order valence-corrected chi connectivity index (χ1v) is 15.7. The second-order valence-electron chi connectivity index (χ2n) is 12.0. The van der Waals surface area contributed by atoms with Crippen molar-refractivity contribution in [1.29, 1.82) is 0 Å². The molecule has 178 valence electrons. The number of allylic oxidation sites excluding steroid dienone is 4. The molecule has 0 aromatic carbocycles. The molecule has 3 fully saturated rings. The van der Waals surface area contributed by atoms with Crippen LogP contribution in [0.3, 0.4) is 0 Å². The molecule has 0 aliphatic heterocycles. The highest BCUT2D eigenvalue weighted by molar-refractivity contribution is 6.69. The van der Waals surface area contributed by atoms with Gasteiger partial charge in [-0.2, -0.15) is 0 Å². The van der Waals surface area contributed by atoms with E-state index in [4.69, 9.17) is 9.26 Å². The zero-order valence-electron chi connectivity index (χ0n) is 21.0. The Labute approximate surface area is 194 Å². The fraction of sp³-hybridized carbons (Fsp3) is 0.769. The number of hydrogen-bond donors (Lipinski definition) is 0. The normalized spacial score (nSPS) is 42.0. The lowest BCUT2D eigenvalue weighted by molar-refractivity contribution is -0.145. The van der Waals surface area contributed by atoms with Crippen LogP contribution in [0, 0.1) is 28.6 Å². The maximum Gasteiger partial charge on any atom is 0.346 e. The van der Waals surface area contributed by atoms with Crippen LogP contribution >= 0.6 is 0 Å². The number of carbonyl (C=O) groups is 1. The van der Waals surface area contributed by atoms with E-state index < -0.39 is 14.3 Å². The molecule has 6 unspecified atom stereocenters. The van der Waals surface area contributed by atoms with Gasteiger partial charge in [-0.05, 0) is 100 Å². The molecule has 6 heteroatoms. The number of nitrogens with zero attached hydrogens (tertiary/aromatic N) is 1. The average molecular weight is 460 g/mol. The molecule has 0 amide bonds. The molecule has 4 aliphatic rings. The van der Waals surface area contributed by atoms with Gasteiger partial charge >= 0.3 is 5.97 Å². The number of fused-ring (bicyclic) bond motifs is 5. The maximum absolute atomic E-state index is 11.3. The lowest BCUT2D eigenvalue weighted by Gasteiger charge is -2.59. The summed E-state index contributed by atoms with van der Waals surface area (Å²) in [7, 11) is -0.255. The van der Waals surface area contributed by atoms with Crippen LogP contribution in [-0.2, 0) is 18.8 Å². The van der Waals surface area contributed by atoms with Gasteiger partial charge in [0.15, 0.2) is 8.32 Å². The highest BCUT2D eigenvalue weighted by atomic mass is 28.4. The Morgan fingerprint density at radius 3 is 2.53 bits per heavy atom. The van der Waals surface area contributed by atoms with E-state index >= 15 is 0 Å². The van der Waals surface area contributed by atoms with Gasteiger partial charge in [0.25, 0.3) is 0 Å². The van der Waals surface area contributed by atoms with Crippen molar-refractivity contribution in [2.45, 2.75) is 84.5 Å². The summed E-state index contributed by atoms with van der Waals surface area (Å²) in [5.41, 5.74) is 2.63. The largest absolute Gasteiger partial charge is 0.466 e. The Balaban J connectivity index is 1.53. The zero-order chi connectivity index (χ0) is 23.4. The fourth-order valence-corrected chi connectivity index (χ4v) is 9.24.